The number of hydrogen-bond acceptors (Lipinski definition) is 6. The molecule has 1 aliphatic heterocycles. The monoisotopic (exact) mass is 342 g/mol. The van der Waals surface area contributed by atoms with Gasteiger partial charge in [-0.05, 0) is 29.5 Å². The molecule has 3 rings (SSSR count). The third kappa shape index (κ3) is 3.70. The highest BCUT2D eigenvalue weighted by Gasteiger charge is 2.29. The highest BCUT2D eigenvalue weighted by Crippen LogP contribution is 2.15. The molecule has 2 heterocycles. The van der Waals surface area contributed by atoms with Crippen molar-refractivity contribution in [3.8, 4) is 5.69 Å². The Morgan fingerprint density at radius 3 is 2.56 bits per heavy atom. The number of hydrogen-bond donors (Lipinski definition) is 1. The Morgan fingerprint density at radius 1 is 1.20 bits per heavy atom. The number of carbonyl (C=O) groups excluding carboxylic acids is 3. The van der Waals surface area contributed by atoms with Gasteiger partial charge in [-0.1, -0.05) is 18.2 Å². The van der Waals surface area contributed by atoms with E-state index in [9.17, 15) is 14.4 Å². The lowest BCUT2D eigenvalue weighted by molar-refractivity contribution is -0.138. The van der Waals surface area contributed by atoms with Crippen molar-refractivity contribution in [3.05, 3.63) is 36.2 Å². The van der Waals surface area contributed by atoms with E-state index in [0.717, 1.165) is 10.6 Å². The van der Waals surface area contributed by atoms with Gasteiger partial charge in [0.1, 0.15) is 0 Å². The maximum absolute atomic E-state index is 12.1. The molecule has 9 heteroatoms. The minimum Gasteiger partial charge on any atom is -0.346 e. The van der Waals surface area contributed by atoms with Crippen molar-refractivity contribution >= 4 is 17.7 Å². The summed E-state index contributed by atoms with van der Waals surface area (Å²) < 4.78 is 1.55. The maximum atomic E-state index is 12.1. The molecule has 3 amide bonds. The van der Waals surface area contributed by atoms with E-state index in [-0.39, 0.29) is 43.5 Å². The molecule has 0 radical (unpaired) electrons. The van der Waals surface area contributed by atoms with Crippen LogP contribution >= 0.6 is 0 Å². The van der Waals surface area contributed by atoms with Gasteiger partial charge in [-0.25, -0.2) is 0 Å². The van der Waals surface area contributed by atoms with E-state index < -0.39 is 6.04 Å². The predicted octanol–water partition coefficient (Wildman–Crippen LogP) is 0.379. The van der Waals surface area contributed by atoms with Crippen molar-refractivity contribution in [1.29, 1.82) is 0 Å². The van der Waals surface area contributed by atoms with Crippen molar-refractivity contribution in [1.82, 2.24) is 30.4 Å². The van der Waals surface area contributed by atoms with Crippen molar-refractivity contribution in [2.24, 2.45) is 0 Å². The van der Waals surface area contributed by atoms with Crippen molar-refractivity contribution in [3.63, 3.8) is 0 Å². The van der Waals surface area contributed by atoms with Crippen LogP contribution in [0.15, 0.2) is 30.3 Å². The quantitative estimate of drug-likeness (QED) is 0.760. The first-order valence-electron chi connectivity index (χ1n) is 8.02. The molecule has 1 fully saturated rings. The van der Waals surface area contributed by atoms with Crippen LogP contribution in [0.4, 0.5) is 0 Å². The number of tetrazole rings is 1. The van der Waals surface area contributed by atoms with Crippen LogP contribution in [0.1, 0.15) is 38.1 Å². The molecule has 1 atom stereocenters. The van der Waals surface area contributed by atoms with Crippen LogP contribution in [0.25, 0.3) is 5.69 Å². The first-order chi connectivity index (χ1) is 12.1. The minimum absolute atomic E-state index is 0.0503. The van der Waals surface area contributed by atoms with Crippen molar-refractivity contribution < 1.29 is 14.4 Å². The van der Waals surface area contributed by atoms with Gasteiger partial charge in [0, 0.05) is 25.8 Å². The summed E-state index contributed by atoms with van der Waals surface area (Å²) in [7, 11) is 0. The molecule has 130 valence electrons. The maximum Gasteiger partial charge on any atom is 0.229 e. The van der Waals surface area contributed by atoms with Gasteiger partial charge < -0.3 is 5.32 Å². The van der Waals surface area contributed by atoms with Gasteiger partial charge in [-0.15, -0.1) is 5.10 Å². The van der Waals surface area contributed by atoms with Crippen molar-refractivity contribution in [2.75, 3.05) is 6.54 Å². The van der Waals surface area contributed by atoms with Crippen LogP contribution < -0.4 is 5.32 Å². The molecule has 0 bridgehead atoms. The molecule has 0 saturated carbocycles. The Morgan fingerprint density at radius 2 is 1.88 bits per heavy atom. The van der Waals surface area contributed by atoms with Gasteiger partial charge in [-0.3, -0.25) is 19.3 Å². The smallest absolute Gasteiger partial charge is 0.229 e. The van der Waals surface area contributed by atoms with Gasteiger partial charge >= 0.3 is 0 Å². The number of amides is 3. The summed E-state index contributed by atoms with van der Waals surface area (Å²) in [5.74, 6) is -0.228. The second-order valence-corrected chi connectivity index (χ2v) is 5.76. The van der Waals surface area contributed by atoms with Gasteiger partial charge in [0.05, 0.1) is 11.7 Å². The van der Waals surface area contributed by atoms with Gasteiger partial charge in [0.2, 0.25) is 17.7 Å². The Kier molecular flexibility index (Phi) is 4.82. The van der Waals surface area contributed by atoms with Gasteiger partial charge in [0.25, 0.3) is 0 Å². The largest absolute Gasteiger partial charge is 0.346 e. The normalized spacial score (nSPS) is 15.5. The van der Waals surface area contributed by atoms with Crippen molar-refractivity contribution in [2.45, 2.75) is 32.2 Å². The number of para-hydroxylation sites is 1. The number of aromatic nitrogens is 4. The van der Waals surface area contributed by atoms with Gasteiger partial charge in [-0.2, -0.15) is 4.68 Å². The Bertz CT molecular complexity index is 772. The number of imide groups is 1. The van der Waals surface area contributed by atoms with Crippen LogP contribution in [-0.4, -0.2) is 49.4 Å². The van der Waals surface area contributed by atoms with E-state index in [4.69, 9.17) is 0 Å². The Balaban J connectivity index is 1.60. The third-order valence-corrected chi connectivity index (χ3v) is 3.98. The summed E-state index contributed by atoms with van der Waals surface area (Å²) in [6, 6.07) is 8.92. The lowest BCUT2D eigenvalue weighted by Crippen LogP contribution is -2.35. The lowest BCUT2D eigenvalue weighted by Gasteiger charge is -2.16. The Labute approximate surface area is 144 Å². The average molecular weight is 342 g/mol. The SMILES string of the molecule is CC(NC(=O)CCN1C(=O)CCC1=O)c1nnnn1-c1ccccc1. The number of benzene rings is 1. The molecule has 1 unspecified atom stereocenters. The molecule has 9 nitrogen and oxygen atoms in total. The summed E-state index contributed by atoms with van der Waals surface area (Å²) >= 11 is 0. The first-order valence-corrected chi connectivity index (χ1v) is 8.02. The third-order valence-electron chi connectivity index (χ3n) is 3.98. The number of carbonyl (C=O) groups is 3. The highest BCUT2D eigenvalue weighted by molar-refractivity contribution is 6.02. The molecule has 2 aromatic rings. The topological polar surface area (TPSA) is 110 Å². The zero-order chi connectivity index (χ0) is 17.8. The minimum atomic E-state index is -0.423. The highest BCUT2D eigenvalue weighted by atomic mass is 16.2. The van der Waals surface area contributed by atoms with Crippen LogP contribution in [-0.2, 0) is 14.4 Å². The fourth-order valence-electron chi connectivity index (χ4n) is 2.68. The number of nitrogens with zero attached hydrogens (tertiary/aromatic N) is 5. The number of rotatable bonds is 6. The fraction of sp³-hybridized carbons (Fsp3) is 0.375. The number of nitrogens with one attached hydrogen (secondary N) is 1. The van der Waals surface area contributed by atoms with E-state index in [1.54, 1.807) is 11.6 Å². The summed E-state index contributed by atoms with van der Waals surface area (Å²) in [6.07, 6.45) is 0.500. The van der Waals surface area contributed by atoms with Crippen LogP contribution in [0.3, 0.4) is 0 Å². The summed E-state index contributed by atoms with van der Waals surface area (Å²) in [6.45, 7) is 1.87. The van der Waals surface area contributed by atoms with Crippen LogP contribution in [0.5, 0.6) is 0 Å². The van der Waals surface area contributed by atoms with Crippen LogP contribution in [0, 0.1) is 0 Å². The van der Waals surface area contributed by atoms with Gasteiger partial charge in [0.15, 0.2) is 5.82 Å². The molecule has 1 N–H and O–H groups in total. The average Bonchev–Trinajstić information content (AvgIpc) is 3.21. The first kappa shape index (κ1) is 16.7. The standard InChI is InChI=1S/C16H18N6O3/c1-11(16-18-19-20-22(16)12-5-3-2-4-6-12)17-13(23)9-10-21-14(24)7-8-15(21)25/h2-6,11H,7-10H2,1H3,(H,17,23). The van der Waals surface area contributed by atoms with E-state index in [2.05, 4.69) is 20.8 Å². The lowest BCUT2D eigenvalue weighted by atomic mass is 10.2. The number of likely N-dealkylation sites (tertiary alicyclic amines) is 1. The molecule has 25 heavy (non-hydrogen) atoms. The molecular weight excluding hydrogens is 324 g/mol. The summed E-state index contributed by atoms with van der Waals surface area (Å²) in [4.78, 5) is 36.4. The molecule has 0 spiro atoms. The molecule has 0 aliphatic carbocycles. The van der Waals surface area contributed by atoms with E-state index in [1.165, 1.54) is 0 Å². The second kappa shape index (κ2) is 7.20. The summed E-state index contributed by atoms with van der Waals surface area (Å²) in [5.41, 5.74) is 0.789. The molecule has 1 saturated heterocycles. The summed E-state index contributed by atoms with van der Waals surface area (Å²) in [5, 5.41) is 14.4. The zero-order valence-corrected chi connectivity index (χ0v) is 13.8. The molecule has 1 aromatic carbocycles. The van der Waals surface area contributed by atoms with E-state index >= 15 is 0 Å². The predicted molar refractivity (Wildman–Crippen MR) is 86.3 cm³/mol. The fourth-order valence-corrected chi connectivity index (χ4v) is 2.68. The Hall–Kier alpha value is -3.10. The molecular formula is C16H18N6O3. The zero-order valence-electron chi connectivity index (χ0n) is 13.8. The molecule has 1 aliphatic rings. The molecule has 1 aromatic heterocycles. The van der Waals surface area contributed by atoms with E-state index in [0.29, 0.717) is 5.82 Å². The van der Waals surface area contributed by atoms with Crippen LogP contribution in [0.2, 0.25) is 0 Å². The second-order valence-electron chi connectivity index (χ2n) is 5.76. The van der Waals surface area contributed by atoms with E-state index in [1.807, 2.05) is 30.3 Å².